The van der Waals surface area contributed by atoms with Crippen LogP contribution in [0, 0.1) is 5.82 Å². The van der Waals surface area contributed by atoms with E-state index in [1.54, 1.807) is 0 Å². The van der Waals surface area contributed by atoms with Gasteiger partial charge in [-0.3, -0.25) is 4.79 Å². The minimum Gasteiger partial charge on any atom is -0.294 e. The first-order valence-electron chi connectivity index (χ1n) is 3.80. The summed E-state index contributed by atoms with van der Waals surface area (Å²) >= 11 is 5.35. The van der Waals surface area contributed by atoms with Gasteiger partial charge in [-0.15, -0.1) is 0 Å². The minimum atomic E-state index is -4.86. The first-order valence-corrected chi connectivity index (χ1v) is 4.18. The molecule has 0 radical (unpaired) electrons. The first kappa shape index (κ1) is 12.0. The van der Waals surface area contributed by atoms with Crippen LogP contribution in [0.1, 0.15) is 22.8 Å². The average Bonchev–Trinajstić information content (AvgIpc) is 2.06. The summed E-state index contributed by atoms with van der Waals surface area (Å²) in [6, 6.07) is 1.32. The zero-order chi connectivity index (χ0) is 11.8. The summed E-state index contributed by atoms with van der Waals surface area (Å²) in [5.74, 6) is -2.39. The van der Waals surface area contributed by atoms with E-state index >= 15 is 0 Å². The second-order valence-corrected chi connectivity index (χ2v) is 3.31. The third-order valence-corrected chi connectivity index (χ3v) is 1.94. The van der Waals surface area contributed by atoms with Crippen LogP contribution in [0.3, 0.4) is 0 Å². The van der Waals surface area contributed by atoms with Crippen LogP contribution in [0.4, 0.5) is 17.6 Å². The molecule has 0 aliphatic rings. The smallest absolute Gasteiger partial charge is 0.294 e. The zero-order valence-electron chi connectivity index (χ0n) is 7.45. The van der Waals surface area contributed by atoms with E-state index in [1.807, 2.05) is 0 Å². The second-order valence-electron chi connectivity index (χ2n) is 2.87. The molecule has 0 saturated heterocycles. The van der Waals surface area contributed by atoms with Crippen LogP contribution in [-0.4, -0.2) is 5.78 Å². The van der Waals surface area contributed by atoms with Gasteiger partial charge >= 0.3 is 6.18 Å². The van der Waals surface area contributed by atoms with Crippen molar-refractivity contribution in [1.29, 1.82) is 0 Å². The number of alkyl halides is 3. The molecule has 15 heavy (non-hydrogen) atoms. The predicted molar refractivity (Wildman–Crippen MR) is 46.4 cm³/mol. The summed E-state index contributed by atoms with van der Waals surface area (Å²) < 4.78 is 50.0. The van der Waals surface area contributed by atoms with Gasteiger partial charge in [0.1, 0.15) is 5.82 Å². The Bertz CT molecular complexity index is 411. The molecule has 0 fully saturated rings. The maximum absolute atomic E-state index is 13.2. The summed E-state index contributed by atoms with van der Waals surface area (Å²) in [5.41, 5.74) is -2.19. The minimum absolute atomic E-state index is 0.325. The highest BCUT2D eigenvalue weighted by atomic mass is 35.5. The molecule has 6 heteroatoms. The molecule has 0 unspecified atom stereocenters. The van der Waals surface area contributed by atoms with Gasteiger partial charge in [-0.05, 0) is 19.1 Å². The highest BCUT2D eigenvalue weighted by Gasteiger charge is 2.36. The van der Waals surface area contributed by atoms with Gasteiger partial charge in [-0.2, -0.15) is 13.2 Å². The Hall–Kier alpha value is -1.10. The molecule has 0 aliphatic heterocycles. The molecular weight excluding hydrogens is 236 g/mol. The number of benzene rings is 1. The third kappa shape index (κ3) is 2.47. The van der Waals surface area contributed by atoms with Gasteiger partial charge in [0.05, 0.1) is 11.1 Å². The second kappa shape index (κ2) is 3.81. The quantitative estimate of drug-likeness (QED) is 0.540. The van der Waals surface area contributed by atoms with Crippen LogP contribution >= 0.6 is 11.6 Å². The largest absolute Gasteiger partial charge is 0.419 e. The van der Waals surface area contributed by atoms with Gasteiger partial charge in [0.2, 0.25) is 0 Å². The van der Waals surface area contributed by atoms with E-state index in [-0.39, 0.29) is 5.02 Å². The number of carbonyl (C=O) groups excluding carboxylic acids is 1. The number of ketones is 1. The van der Waals surface area contributed by atoms with Crippen LogP contribution in [0.15, 0.2) is 12.1 Å². The lowest BCUT2D eigenvalue weighted by atomic mass is 10.1. The molecule has 1 aromatic rings. The highest BCUT2D eigenvalue weighted by Crippen LogP contribution is 2.34. The maximum atomic E-state index is 13.2. The van der Waals surface area contributed by atoms with Crippen molar-refractivity contribution >= 4 is 17.4 Å². The Morgan fingerprint density at radius 3 is 2.27 bits per heavy atom. The van der Waals surface area contributed by atoms with Crippen molar-refractivity contribution in [2.45, 2.75) is 13.1 Å². The lowest BCUT2D eigenvalue weighted by Gasteiger charge is -2.10. The van der Waals surface area contributed by atoms with Gasteiger partial charge in [-0.1, -0.05) is 11.6 Å². The fourth-order valence-electron chi connectivity index (χ4n) is 1.05. The number of rotatable bonds is 1. The molecule has 0 atom stereocenters. The Morgan fingerprint density at radius 1 is 1.33 bits per heavy atom. The fraction of sp³-hybridized carbons (Fsp3) is 0.222. The lowest BCUT2D eigenvalue weighted by Crippen LogP contribution is -2.11. The molecule has 0 aliphatic carbocycles. The van der Waals surface area contributed by atoms with E-state index in [9.17, 15) is 22.4 Å². The first-order chi connectivity index (χ1) is 6.73. The van der Waals surface area contributed by atoms with Gasteiger partial charge in [-0.25, -0.2) is 4.39 Å². The van der Waals surface area contributed by atoms with Crippen molar-refractivity contribution in [2.24, 2.45) is 0 Å². The van der Waals surface area contributed by atoms with Crippen molar-refractivity contribution in [1.82, 2.24) is 0 Å². The van der Waals surface area contributed by atoms with Crippen LogP contribution in [0.25, 0.3) is 0 Å². The Kier molecular flexibility index (Phi) is 3.04. The molecular formula is C9H5ClF4O. The number of Topliss-reactive ketones (excluding diaryl/α,β-unsaturated/α-hetero) is 1. The average molecular weight is 241 g/mol. The maximum Gasteiger partial charge on any atom is 0.419 e. The van der Waals surface area contributed by atoms with E-state index < -0.39 is 28.9 Å². The normalized spacial score (nSPS) is 11.6. The van der Waals surface area contributed by atoms with E-state index in [1.165, 1.54) is 0 Å². The van der Waals surface area contributed by atoms with Crippen LogP contribution < -0.4 is 0 Å². The summed E-state index contributed by atoms with van der Waals surface area (Å²) in [4.78, 5) is 10.8. The van der Waals surface area contributed by atoms with Crippen LogP contribution in [-0.2, 0) is 6.18 Å². The van der Waals surface area contributed by atoms with Gasteiger partial charge in [0.15, 0.2) is 5.78 Å². The van der Waals surface area contributed by atoms with Crippen molar-refractivity contribution in [3.63, 3.8) is 0 Å². The Morgan fingerprint density at radius 2 is 1.87 bits per heavy atom. The lowest BCUT2D eigenvalue weighted by molar-refractivity contribution is -0.140. The Balaban J connectivity index is 3.49. The number of carbonyl (C=O) groups is 1. The summed E-state index contributed by atoms with van der Waals surface area (Å²) in [6.07, 6.45) is -4.86. The van der Waals surface area contributed by atoms with E-state index in [4.69, 9.17) is 11.6 Å². The molecule has 0 aromatic heterocycles. The molecule has 1 aromatic carbocycles. The molecule has 0 heterocycles. The molecule has 1 rings (SSSR count). The van der Waals surface area contributed by atoms with Gasteiger partial charge in [0.25, 0.3) is 0 Å². The Labute approximate surface area is 87.7 Å². The van der Waals surface area contributed by atoms with E-state index in [2.05, 4.69) is 0 Å². The summed E-state index contributed by atoms with van der Waals surface area (Å²) in [7, 11) is 0. The van der Waals surface area contributed by atoms with E-state index in [0.717, 1.165) is 13.0 Å². The van der Waals surface area contributed by atoms with Crippen LogP contribution in [0.5, 0.6) is 0 Å². The topological polar surface area (TPSA) is 17.1 Å². The number of hydrogen-bond donors (Lipinski definition) is 0. The summed E-state index contributed by atoms with van der Waals surface area (Å²) in [6.45, 7) is 0.967. The number of hydrogen-bond acceptors (Lipinski definition) is 1. The van der Waals surface area contributed by atoms with E-state index in [0.29, 0.717) is 6.07 Å². The van der Waals surface area contributed by atoms with Crippen molar-refractivity contribution < 1.29 is 22.4 Å². The van der Waals surface area contributed by atoms with Crippen LogP contribution in [0.2, 0.25) is 5.02 Å². The SMILES string of the molecule is CC(=O)c1cc(Cl)cc(C(F)(F)F)c1F. The molecule has 0 spiro atoms. The molecule has 82 valence electrons. The monoisotopic (exact) mass is 240 g/mol. The van der Waals surface area contributed by atoms with Crippen molar-refractivity contribution in [2.75, 3.05) is 0 Å². The molecule has 1 nitrogen and oxygen atoms in total. The van der Waals surface area contributed by atoms with Crippen molar-refractivity contribution in [3.05, 3.63) is 34.1 Å². The fourth-order valence-corrected chi connectivity index (χ4v) is 1.27. The standard InChI is InChI=1S/C9H5ClF4O/c1-4(15)6-2-5(10)3-7(8(6)11)9(12,13)14/h2-3H,1H3. The highest BCUT2D eigenvalue weighted by molar-refractivity contribution is 6.31. The van der Waals surface area contributed by atoms with Crippen molar-refractivity contribution in [3.8, 4) is 0 Å². The molecule has 0 bridgehead atoms. The molecule has 0 amide bonds. The molecule has 0 N–H and O–H groups in total. The van der Waals surface area contributed by atoms with Gasteiger partial charge in [0, 0.05) is 5.02 Å². The van der Waals surface area contributed by atoms with Gasteiger partial charge < -0.3 is 0 Å². The number of halogens is 5. The predicted octanol–water partition coefficient (Wildman–Crippen LogP) is 3.70. The zero-order valence-corrected chi connectivity index (χ0v) is 8.21. The summed E-state index contributed by atoms with van der Waals surface area (Å²) in [5, 5.41) is -0.325. The molecule has 0 saturated carbocycles. The third-order valence-electron chi connectivity index (χ3n) is 1.72.